The third kappa shape index (κ3) is 6.12. The van der Waals surface area contributed by atoms with Gasteiger partial charge in [-0.15, -0.1) is 0 Å². The lowest BCUT2D eigenvalue weighted by atomic mass is 9.91. The number of hydrogen-bond donors (Lipinski definition) is 0. The van der Waals surface area contributed by atoms with Gasteiger partial charge in [0.2, 0.25) is 0 Å². The van der Waals surface area contributed by atoms with Gasteiger partial charge in [0, 0.05) is 11.2 Å². The van der Waals surface area contributed by atoms with Gasteiger partial charge in [-0.05, 0) is 22.4 Å². The fourth-order valence-electron chi connectivity index (χ4n) is 2.46. The first kappa shape index (κ1) is 30.1. The van der Waals surface area contributed by atoms with E-state index in [4.69, 9.17) is 0 Å². The lowest BCUT2D eigenvalue weighted by Gasteiger charge is -2.40. The number of hydrogen-bond acceptors (Lipinski definition) is 0. The molecule has 0 aromatic heterocycles. The summed E-state index contributed by atoms with van der Waals surface area (Å²) in [4.78, 5) is -7.61. The monoisotopic (exact) mass is 598 g/mol. The summed E-state index contributed by atoms with van der Waals surface area (Å²) in [6.07, 6.45) is 1.76. The average molecular weight is 600 g/mol. The zero-order valence-electron chi connectivity index (χ0n) is 15.5. The first-order chi connectivity index (χ1) is 13.2. The van der Waals surface area contributed by atoms with E-state index in [1.165, 1.54) is 0 Å². The predicted molar refractivity (Wildman–Crippen MR) is 93.9 cm³/mol. The average Bonchev–Trinajstić information content (AvgIpc) is 2.55. The molecule has 182 valence electrons. The van der Waals surface area contributed by atoms with Crippen molar-refractivity contribution in [3.63, 3.8) is 0 Å². The van der Waals surface area contributed by atoms with E-state index in [0.29, 0.717) is 28.8 Å². The molecule has 0 bridgehead atoms. The van der Waals surface area contributed by atoms with Crippen molar-refractivity contribution in [1.29, 1.82) is 0 Å². The molecule has 14 heteroatoms. The third-order valence-electron chi connectivity index (χ3n) is 4.35. The quantitative estimate of drug-likeness (QED) is 0.106. The molecule has 0 aliphatic heterocycles. The highest BCUT2D eigenvalue weighted by molar-refractivity contribution is 9.10. The molecule has 0 amide bonds. The summed E-state index contributed by atoms with van der Waals surface area (Å²) in [5.74, 6) is -35.1. The molecule has 0 rings (SSSR count). The Kier molecular flexibility index (Phi) is 10.4. The van der Waals surface area contributed by atoms with Crippen LogP contribution in [0.15, 0.2) is 0 Å². The summed E-state index contributed by atoms with van der Waals surface area (Å²) in [7, 11) is 0. The van der Waals surface area contributed by atoms with Gasteiger partial charge >= 0.3 is 34.4 Å². The van der Waals surface area contributed by atoms with E-state index in [-0.39, 0.29) is 12.8 Å². The maximum atomic E-state index is 13.8. The molecule has 0 aromatic rings. The maximum Gasteiger partial charge on any atom is 0.388 e. The van der Waals surface area contributed by atoms with Crippen LogP contribution in [0.4, 0.5) is 52.7 Å². The van der Waals surface area contributed by atoms with Crippen molar-refractivity contribution in [2.75, 3.05) is 0 Å². The van der Waals surface area contributed by atoms with Crippen molar-refractivity contribution < 1.29 is 52.7 Å². The topological polar surface area (TPSA) is 0 Å². The third-order valence-corrected chi connectivity index (χ3v) is 5.63. The van der Waals surface area contributed by atoms with Crippen LogP contribution in [-0.4, -0.2) is 39.3 Å². The largest absolute Gasteiger partial charge is 0.388 e. The van der Waals surface area contributed by atoms with Crippen molar-refractivity contribution in [1.82, 2.24) is 0 Å². The standard InChI is InChI=1S/C16H20Br2F12/c1-2-3-4-5-6-7-8-10(17)9-11(19,20)12(21,22)13(23,24)14(25,26)15(27,28)16(18,29)30/h10H,2-9H2,1H3. The van der Waals surface area contributed by atoms with Gasteiger partial charge in [0.15, 0.2) is 0 Å². The van der Waals surface area contributed by atoms with E-state index in [1.807, 2.05) is 6.92 Å². The molecule has 0 spiro atoms. The molecule has 0 fully saturated rings. The first-order valence-corrected chi connectivity index (χ1v) is 10.5. The van der Waals surface area contributed by atoms with Crippen molar-refractivity contribution in [3.05, 3.63) is 0 Å². The lowest BCUT2D eigenvalue weighted by molar-refractivity contribution is -0.415. The SMILES string of the molecule is CCCCCCCCC(Br)CC(F)(F)C(F)(F)C(F)(F)C(F)(F)C(F)(F)C(F)(F)Br. The fourth-order valence-corrected chi connectivity index (χ4v) is 3.44. The molecule has 0 aliphatic rings. The van der Waals surface area contributed by atoms with Crippen molar-refractivity contribution >= 4 is 31.9 Å². The summed E-state index contributed by atoms with van der Waals surface area (Å²) >= 11 is 3.26. The zero-order chi connectivity index (χ0) is 24.2. The Bertz CT molecular complexity index is 531. The van der Waals surface area contributed by atoms with E-state index in [1.54, 1.807) is 0 Å². The molecular weight excluding hydrogens is 580 g/mol. The van der Waals surface area contributed by atoms with Crippen LogP contribution in [0.3, 0.4) is 0 Å². The van der Waals surface area contributed by atoms with E-state index in [0.717, 1.165) is 19.3 Å². The highest BCUT2D eigenvalue weighted by Gasteiger charge is 2.89. The van der Waals surface area contributed by atoms with E-state index in [2.05, 4.69) is 15.9 Å². The number of halogens is 14. The van der Waals surface area contributed by atoms with Gasteiger partial charge in [-0.1, -0.05) is 61.4 Å². The van der Waals surface area contributed by atoms with Crippen LogP contribution in [-0.2, 0) is 0 Å². The summed E-state index contributed by atoms with van der Waals surface area (Å²) < 4.78 is 160. The predicted octanol–water partition coefficient (Wildman–Crippen LogP) is 9.05. The zero-order valence-corrected chi connectivity index (χ0v) is 18.7. The number of rotatable bonds is 14. The Morgan fingerprint density at radius 1 is 0.600 bits per heavy atom. The minimum Gasteiger partial charge on any atom is -0.200 e. The molecule has 30 heavy (non-hydrogen) atoms. The Balaban J connectivity index is 5.41. The Labute approximate surface area is 182 Å². The van der Waals surface area contributed by atoms with Crippen LogP contribution in [0.25, 0.3) is 0 Å². The van der Waals surface area contributed by atoms with Crippen LogP contribution < -0.4 is 0 Å². The molecule has 1 unspecified atom stereocenters. The molecule has 0 aliphatic carbocycles. The van der Waals surface area contributed by atoms with Crippen molar-refractivity contribution in [3.8, 4) is 0 Å². The summed E-state index contributed by atoms with van der Waals surface area (Å²) in [6.45, 7) is 1.94. The van der Waals surface area contributed by atoms with Crippen LogP contribution in [0.2, 0.25) is 0 Å². The summed E-state index contributed by atoms with van der Waals surface area (Å²) in [5, 5.41) is 0. The molecule has 0 saturated carbocycles. The highest BCUT2D eigenvalue weighted by Crippen LogP contribution is 2.61. The van der Waals surface area contributed by atoms with Crippen LogP contribution in [0.5, 0.6) is 0 Å². The maximum absolute atomic E-state index is 13.8. The molecule has 0 heterocycles. The Morgan fingerprint density at radius 3 is 1.43 bits per heavy atom. The first-order valence-electron chi connectivity index (χ1n) is 8.80. The number of unbranched alkanes of at least 4 members (excludes halogenated alkanes) is 5. The van der Waals surface area contributed by atoms with E-state index < -0.39 is 45.7 Å². The lowest BCUT2D eigenvalue weighted by Crippen LogP contribution is -2.70. The van der Waals surface area contributed by atoms with Gasteiger partial charge in [0.05, 0.1) is 0 Å². The molecule has 0 aromatic carbocycles. The van der Waals surface area contributed by atoms with Crippen LogP contribution in [0, 0.1) is 0 Å². The van der Waals surface area contributed by atoms with E-state index in [9.17, 15) is 52.7 Å². The smallest absolute Gasteiger partial charge is 0.200 e. The summed E-state index contributed by atoms with van der Waals surface area (Å²) in [5.41, 5.74) is 0. The molecule has 0 nitrogen and oxygen atoms in total. The van der Waals surface area contributed by atoms with Gasteiger partial charge in [0.1, 0.15) is 0 Å². The molecule has 0 saturated heterocycles. The minimum atomic E-state index is -7.51. The highest BCUT2D eigenvalue weighted by atomic mass is 79.9. The minimum absolute atomic E-state index is 0.213. The second kappa shape index (κ2) is 10.4. The molecule has 0 N–H and O–H groups in total. The van der Waals surface area contributed by atoms with E-state index >= 15 is 0 Å². The fraction of sp³-hybridized carbons (Fsp3) is 1.00. The number of alkyl halides is 14. The van der Waals surface area contributed by atoms with Crippen molar-refractivity contribution in [2.45, 2.75) is 97.6 Å². The summed E-state index contributed by atoms with van der Waals surface area (Å²) in [6, 6.07) is 0. The van der Waals surface area contributed by atoms with Gasteiger partial charge in [-0.2, -0.15) is 52.7 Å². The van der Waals surface area contributed by atoms with Crippen LogP contribution in [0.1, 0.15) is 58.3 Å². The van der Waals surface area contributed by atoms with Gasteiger partial charge in [0.25, 0.3) is 0 Å². The Hall–Kier alpha value is 0.120. The van der Waals surface area contributed by atoms with Crippen molar-refractivity contribution in [2.24, 2.45) is 0 Å². The van der Waals surface area contributed by atoms with Gasteiger partial charge < -0.3 is 0 Å². The second-order valence-electron chi connectivity index (χ2n) is 6.86. The van der Waals surface area contributed by atoms with Crippen LogP contribution >= 0.6 is 31.9 Å². The second-order valence-corrected chi connectivity index (χ2v) is 9.15. The molecular formula is C16H20Br2F12. The van der Waals surface area contributed by atoms with Gasteiger partial charge in [-0.25, -0.2) is 0 Å². The molecule has 1 atom stereocenters. The Morgan fingerprint density at radius 2 is 1.00 bits per heavy atom. The molecule has 0 radical (unpaired) electrons. The normalized spacial score (nSPS) is 16.1. The van der Waals surface area contributed by atoms with Gasteiger partial charge in [-0.3, -0.25) is 0 Å².